The predicted octanol–water partition coefficient (Wildman–Crippen LogP) is 3.73. The number of thiophene rings is 1. The molecule has 0 radical (unpaired) electrons. The van der Waals surface area contributed by atoms with Crippen LogP contribution < -0.4 is 10.2 Å². The molecule has 0 fully saturated rings. The Balaban J connectivity index is 2.28. The molecule has 2 heterocycles. The average Bonchev–Trinajstić information content (AvgIpc) is 2.99. The van der Waals surface area contributed by atoms with Crippen LogP contribution in [0.1, 0.15) is 37.5 Å². The van der Waals surface area contributed by atoms with E-state index in [-0.39, 0.29) is 0 Å². The molecular weight excluding hydrogens is 268 g/mol. The van der Waals surface area contributed by atoms with Gasteiger partial charge in [-0.1, -0.05) is 13.0 Å². The van der Waals surface area contributed by atoms with Crippen molar-refractivity contribution in [3.8, 4) is 0 Å². The van der Waals surface area contributed by atoms with Gasteiger partial charge in [0.2, 0.25) is 0 Å². The van der Waals surface area contributed by atoms with Crippen molar-refractivity contribution in [1.82, 2.24) is 9.97 Å². The summed E-state index contributed by atoms with van der Waals surface area (Å²) in [5.41, 5.74) is 0. The minimum atomic E-state index is 0.309. The number of anilines is 2. The maximum absolute atomic E-state index is 4.64. The first-order valence-electron chi connectivity index (χ1n) is 7.03. The Morgan fingerprint density at radius 3 is 2.75 bits per heavy atom. The van der Waals surface area contributed by atoms with Crippen LogP contribution in [0.4, 0.5) is 11.6 Å². The fraction of sp³-hybridized carbons (Fsp3) is 0.467. The van der Waals surface area contributed by atoms with Gasteiger partial charge in [-0.15, -0.1) is 11.3 Å². The van der Waals surface area contributed by atoms with E-state index in [1.807, 2.05) is 6.07 Å². The number of rotatable bonds is 6. The Hall–Kier alpha value is -1.62. The number of aromatic nitrogens is 2. The maximum atomic E-state index is 4.64. The average molecular weight is 290 g/mol. The van der Waals surface area contributed by atoms with Crippen molar-refractivity contribution in [1.29, 1.82) is 0 Å². The van der Waals surface area contributed by atoms with Crippen molar-refractivity contribution in [2.75, 3.05) is 23.8 Å². The number of aryl methyl sites for hydroxylation is 1. The molecule has 0 saturated heterocycles. The topological polar surface area (TPSA) is 41.0 Å². The lowest BCUT2D eigenvalue weighted by Crippen LogP contribution is -2.23. The minimum absolute atomic E-state index is 0.309. The number of nitrogens with zero attached hydrogens (tertiary/aromatic N) is 3. The van der Waals surface area contributed by atoms with E-state index in [0.717, 1.165) is 30.4 Å². The minimum Gasteiger partial charge on any atom is -0.370 e. The Morgan fingerprint density at radius 2 is 2.15 bits per heavy atom. The molecule has 2 aromatic rings. The van der Waals surface area contributed by atoms with Gasteiger partial charge in [0.1, 0.15) is 17.5 Å². The summed E-state index contributed by atoms with van der Waals surface area (Å²) in [7, 11) is 2.09. The van der Waals surface area contributed by atoms with E-state index in [2.05, 4.69) is 65.5 Å². The molecule has 0 amide bonds. The fourth-order valence-corrected chi connectivity index (χ4v) is 2.84. The van der Waals surface area contributed by atoms with E-state index in [4.69, 9.17) is 0 Å². The molecule has 0 bridgehead atoms. The Labute approximate surface area is 124 Å². The first kappa shape index (κ1) is 14.8. The van der Waals surface area contributed by atoms with Crippen molar-refractivity contribution in [3.63, 3.8) is 0 Å². The third-order valence-electron chi connectivity index (χ3n) is 3.33. The second-order valence-electron chi connectivity index (χ2n) is 4.71. The molecule has 4 nitrogen and oxygen atoms in total. The zero-order valence-electron chi connectivity index (χ0n) is 12.6. The summed E-state index contributed by atoms with van der Waals surface area (Å²) in [5, 5.41) is 5.39. The van der Waals surface area contributed by atoms with Gasteiger partial charge in [0.25, 0.3) is 0 Å². The summed E-state index contributed by atoms with van der Waals surface area (Å²) in [6.45, 7) is 7.22. The summed E-state index contributed by atoms with van der Waals surface area (Å²) in [6, 6.07) is 6.58. The first-order valence-corrected chi connectivity index (χ1v) is 7.91. The quantitative estimate of drug-likeness (QED) is 0.880. The Morgan fingerprint density at radius 1 is 1.35 bits per heavy atom. The molecule has 0 saturated carbocycles. The second-order valence-corrected chi connectivity index (χ2v) is 5.69. The van der Waals surface area contributed by atoms with Crippen LogP contribution in [0.25, 0.3) is 0 Å². The highest BCUT2D eigenvalue weighted by molar-refractivity contribution is 7.10. The van der Waals surface area contributed by atoms with Crippen LogP contribution in [0.3, 0.4) is 0 Å². The van der Waals surface area contributed by atoms with Crippen LogP contribution in [0.5, 0.6) is 0 Å². The Kier molecular flexibility index (Phi) is 4.95. The molecule has 1 atom stereocenters. The van der Waals surface area contributed by atoms with Crippen molar-refractivity contribution >= 4 is 23.0 Å². The highest BCUT2D eigenvalue weighted by atomic mass is 32.1. The van der Waals surface area contributed by atoms with Crippen molar-refractivity contribution in [3.05, 3.63) is 34.3 Å². The summed E-state index contributed by atoms with van der Waals surface area (Å²) in [6.07, 6.45) is 0.841. The lowest BCUT2D eigenvalue weighted by atomic mass is 10.2. The molecule has 0 aromatic carbocycles. The molecule has 1 unspecified atom stereocenters. The summed E-state index contributed by atoms with van der Waals surface area (Å²) >= 11 is 1.78. The standard InChI is InChI=1S/C15H22N4S/c1-5-13-17-14(16-6-2)10-15(18-13)19(4)11(3)12-8-7-9-20-12/h7-11H,5-6H2,1-4H3,(H,16,17,18). The zero-order chi connectivity index (χ0) is 14.5. The monoisotopic (exact) mass is 290 g/mol. The highest BCUT2D eigenvalue weighted by Crippen LogP contribution is 2.28. The summed E-state index contributed by atoms with van der Waals surface area (Å²) in [4.78, 5) is 12.7. The van der Waals surface area contributed by atoms with Crippen LogP contribution in [0.15, 0.2) is 23.6 Å². The Bertz CT molecular complexity index is 539. The van der Waals surface area contributed by atoms with Gasteiger partial charge in [0, 0.05) is 31.0 Å². The molecule has 2 aromatic heterocycles. The molecule has 1 N–H and O–H groups in total. The van der Waals surface area contributed by atoms with Crippen LogP contribution in [0.2, 0.25) is 0 Å². The van der Waals surface area contributed by atoms with Crippen molar-refractivity contribution in [2.24, 2.45) is 0 Å². The van der Waals surface area contributed by atoms with E-state index in [1.165, 1.54) is 4.88 Å². The molecule has 5 heteroatoms. The molecule has 0 aliphatic carbocycles. The maximum Gasteiger partial charge on any atom is 0.134 e. The van der Waals surface area contributed by atoms with Crippen LogP contribution in [-0.4, -0.2) is 23.6 Å². The van der Waals surface area contributed by atoms with Gasteiger partial charge >= 0.3 is 0 Å². The van der Waals surface area contributed by atoms with Crippen molar-refractivity contribution < 1.29 is 0 Å². The smallest absolute Gasteiger partial charge is 0.134 e. The van der Waals surface area contributed by atoms with Crippen LogP contribution >= 0.6 is 11.3 Å². The van der Waals surface area contributed by atoms with E-state index in [9.17, 15) is 0 Å². The van der Waals surface area contributed by atoms with E-state index < -0.39 is 0 Å². The normalized spacial score (nSPS) is 12.2. The number of nitrogens with one attached hydrogen (secondary N) is 1. The van der Waals surface area contributed by atoms with Gasteiger partial charge in [-0.2, -0.15) is 0 Å². The fourth-order valence-electron chi connectivity index (χ4n) is 2.01. The molecular formula is C15H22N4S. The van der Waals surface area contributed by atoms with E-state index in [0.29, 0.717) is 6.04 Å². The molecule has 108 valence electrons. The summed E-state index contributed by atoms with van der Waals surface area (Å²) < 4.78 is 0. The van der Waals surface area contributed by atoms with Gasteiger partial charge in [-0.25, -0.2) is 9.97 Å². The predicted molar refractivity (Wildman–Crippen MR) is 86.7 cm³/mol. The molecule has 0 aliphatic rings. The lowest BCUT2D eigenvalue weighted by molar-refractivity contribution is 0.734. The number of hydrogen-bond donors (Lipinski definition) is 1. The van der Waals surface area contributed by atoms with Crippen LogP contribution in [0, 0.1) is 0 Å². The van der Waals surface area contributed by atoms with Crippen molar-refractivity contribution in [2.45, 2.75) is 33.2 Å². The second kappa shape index (κ2) is 6.70. The third-order valence-corrected chi connectivity index (χ3v) is 4.37. The largest absolute Gasteiger partial charge is 0.370 e. The van der Waals surface area contributed by atoms with Gasteiger partial charge in [0.15, 0.2) is 0 Å². The SMILES string of the molecule is CCNc1cc(N(C)C(C)c2cccs2)nc(CC)n1. The molecule has 0 spiro atoms. The van der Waals surface area contributed by atoms with E-state index in [1.54, 1.807) is 11.3 Å². The highest BCUT2D eigenvalue weighted by Gasteiger charge is 2.16. The molecule has 2 rings (SSSR count). The first-order chi connectivity index (χ1) is 9.65. The van der Waals surface area contributed by atoms with Gasteiger partial charge < -0.3 is 10.2 Å². The molecule has 20 heavy (non-hydrogen) atoms. The molecule has 0 aliphatic heterocycles. The van der Waals surface area contributed by atoms with Gasteiger partial charge in [-0.05, 0) is 25.3 Å². The van der Waals surface area contributed by atoms with Gasteiger partial charge in [-0.3, -0.25) is 0 Å². The van der Waals surface area contributed by atoms with Gasteiger partial charge in [0.05, 0.1) is 6.04 Å². The zero-order valence-corrected chi connectivity index (χ0v) is 13.4. The lowest BCUT2D eigenvalue weighted by Gasteiger charge is -2.25. The van der Waals surface area contributed by atoms with Crippen LogP contribution in [-0.2, 0) is 6.42 Å². The summed E-state index contributed by atoms with van der Waals surface area (Å²) in [5.74, 6) is 2.75. The van der Waals surface area contributed by atoms with E-state index >= 15 is 0 Å². The third kappa shape index (κ3) is 3.28. The number of hydrogen-bond acceptors (Lipinski definition) is 5.